The molecule has 1 aromatic carbocycles. The molecule has 0 radical (unpaired) electrons. The summed E-state index contributed by atoms with van der Waals surface area (Å²) < 4.78 is 5.15. The maximum Gasteiger partial charge on any atom is 0.257 e. The summed E-state index contributed by atoms with van der Waals surface area (Å²) in [4.78, 5) is 0. The normalized spacial score (nSPS) is 11.0. The summed E-state index contributed by atoms with van der Waals surface area (Å²) in [5.74, 6) is 0. The van der Waals surface area contributed by atoms with Gasteiger partial charge in [0.1, 0.15) is 6.61 Å². The van der Waals surface area contributed by atoms with Crippen molar-refractivity contribution < 1.29 is 4.74 Å². The van der Waals surface area contributed by atoms with Crippen LogP contribution in [0.3, 0.4) is 0 Å². The van der Waals surface area contributed by atoms with Crippen LogP contribution in [-0.2, 0) is 11.3 Å². The maximum absolute atomic E-state index is 5.64. The molecule has 0 aromatic heterocycles. The van der Waals surface area contributed by atoms with Gasteiger partial charge in [-0.3, -0.25) is 0 Å². The summed E-state index contributed by atoms with van der Waals surface area (Å²) in [6, 6.07) is 9.90. The highest BCUT2D eigenvalue weighted by atomic mass is 35.5. The number of hydrogen-bond acceptors (Lipinski definition) is 2. The molecular weight excluding hydrogens is 265 g/mol. The zero-order chi connectivity index (χ0) is 11.8. The first kappa shape index (κ1) is 13.3. The van der Waals surface area contributed by atoms with Crippen LogP contribution < -0.4 is 5.32 Å². The Hall–Kier alpha value is -0.770. The van der Waals surface area contributed by atoms with Gasteiger partial charge in [0.25, 0.3) is 5.17 Å². The van der Waals surface area contributed by atoms with Gasteiger partial charge < -0.3 is 10.1 Å². The number of thiocarbonyl (C=S) groups is 1. The predicted molar refractivity (Wildman–Crippen MR) is 71.6 cm³/mol. The lowest BCUT2D eigenvalue weighted by atomic mass is 10.2. The molecule has 1 N–H and O–H groups in total. The van der Waals surface area contributed by atoms with Crippen LogP contribution in [0.25, 0.3) is 0 Å². The summed E-state index contributed by atoms with van der Waals surface area (Å²) in [5.41, 5.74) is 2.38. The summed E-state index contributed by atoms with van der Waals surface area (Å²) in [7, 11) is 0. The van der Waals surface area contributed by atoms with Crippen LogP contribution in [0.1, 0.15) is 5.56 Å². The van der Waals surface area contributed by atoms with Crippen LogP contribution in [0, 0.1) is 0 Å². The SMILES string of the molecule is S=C(NCc1ccccc1)OCC(Cl)=CCl. The molecule has 86 valence electrons. The van der Waals surface area contributed by atoms with Crippen molar-refractivity contribution in [1.29, 1.82) is 0 Å². The first-order chi connectivity index (χ1) is 7.72. The second kappa shape index (κ2) is 7.49. The minimum absolute atomic E-state index is 0.186. The van der Waals surface area contributed by atoms with Gasteiger partial charge in [0.2, 0.25) is 0 Å². The van der Waals surface area contributed by atoms with E-state index in [1.807, 2.05) is 30.3 Å². The van der Waals surface area contributed by atoms with E-state index in [1.54, 1.807) is 0 Å². The van der Waals surface area contributed by atoms with Crippen LogP contribution in [-0.4, -0.2) is 11.8 Å². The van der Waals surface area contributed by atoms with Crippen molar-refractivity contribution in [2.45, 2.75) is 6.54 Å². The second-order valence-electron chi connectivity index (χ2n) is 2.97. The predicted octanol–water partition coefficient (Wildman–Crippen LogP) is 3.40. The smallest absolute Gasteiger partial charge is 0.257 e. The Morgan fingerprint density at radius 3 is 2.69 bits per heavy atom. The molecule has 1 rings (SSSR count). The molecule has 0 heterocycles. The molecule has 0 fully saturated rings. The third-order valence-corrected chi connectivity index (χ3v) is 2.59. The highest BCUT2D eigenvalue weighted by Gasteiger charge is 1.98. The van der Waals surface area contributed by atoms with Crippen molar-refractivity contribution in [2.24, 2.45) is 0 Å². The third kappa shape index (κ3) is 5.35. The van der Waals surface area contributed by atoms with Gasteiger partial charge in [-0.15, -0.1) is 0 Å². The monoisotopic (exact) mass is 275 g/mol. The molecule has 0 saturated carbocycles. The van der Waals surface area contributed by atoms with Crippen molar-refractivity contribution in [1.82, 2.24) is 5.32 Å². The standard InChI is InChI=1S/C11H11Cl2NOS/c12-6-10(13)8-15-11(16)14-7-9-4-2-1-3-5-9/h1-6H,7-8H2,(H,14,16). The summed E-state index contributed by atoms with van der Waals surface area (Å²) >= 11 is 16.0. The van der Waals surface area contributed by atoms with Crippen molar-refractivity contribution in [3.05, 3.63) is 46.5 Å². The quantitative estimate of drug-likeness (QED) is 0.852. The van der Waals surface area contributed by atoms with E-state index in [2.05, 4.69) is 5.32 Å². The Kier molecular flexibility index (Phi) is 6.23. The Morgan fingerprint density at radius 1 is 1.38 bits per heavy atom. The number of nitrogens with one attached hydrogen (secondary N) is 1. The fourth-order valence-corrected chi connectivity index (χ4v) is 1.24. The van der Waals surface area contributed by atoms with E-state index in [9.17, 15) is 0 Å². The molecule has 5 heteroatoms. The van der Waals surface area contributed by atoms with Crippen LogP contribution >= 0.6 is 35.4 Å². The van der Waals surface area contributed by atoms with Crippen LogP contribution in [0.5, 0.6) is 0 Å². The highest BCUT2D eigenvalue weighted by molar-refractivity contribution is 7.80. The molecule has 1 aromatic rings. The van der Waals surface area contributed by atoms with E-state index in [-0.39, 0.29) is 6.61 Å². The molecule has 0 saturated heterocycles. The van der Waals surface area contributed by atoms with E-state index in [0.717, 1.165) is 5.56 Å². The van der Waals surface area contributed by atoms with Gasteiger partial charge in [0.15, 0.2) is 0 Å². The maximum atomic E-state index is 5.64. The van der Waals surface area contributed by atoms with Gasteiger partial charge in [-0.1, -0.05) is 53.5 Å². The van der Waals surface area contributed by atoms with Crippen molar-refractivity contribution >= 4 is 40.6 Å². The molecule has 0 spiro atoms. The highest BCUT2D eigenvalue weighted by Crippen LogP contribution is 2.03. The van der Waals surface area contributed by atoms with Crippen LogP contribution in [0.2, 0.25) is 0 Å². The Balaban J connectivity index is 2.26. The summed E-state index contributed by atoms with van der Waals surface area (Å²) in [6.45, 7) is 0.813. The zero-order valence-electron chi connectivity index (χ0n) is 8.45. The number of ether oxygens (including phenoxy) is 1. The minimum Gasteiger partial charge on any atom is -0.465 e. The molecule has 0 aliphatic heterocycles. The first-order valence-electron chi connectivity index (χ1n) is 4.61. The average molecular weight is 276 g/mol. The van der Waals surface area contributed by atoms with Crippen molar-refractivity contribution in [3.8, 4) is 0 Å². The molecule has 0 aliphatic rings. The molecule has 2 nitrogen and oxygen atoms in total. The van der Waals surface area contributed by atoms with Crippen LogP contribution in [0.15, 0.2) is 40.9 Å². The van der Waals surface area contributed by atoms with E-state index in [0.29, 0.717) is 16.8 Å². The number of halogens is 2. The topological polar surface area (TPSA) is 21.3 Å². The molecular formula is C11H11Cl2NOS. The van der Waals surface area contributed by atoms with Crippen molar-refractivity contribution in [3.63, 3.8) is 0 Å². The molecule has 0 unspecified atom stereocenters. The Bertz CT molecular complexity index is 368. The lowest BCUT2D eigenvalue weighted by Gasteiger charge is -2.08. The van der Waals surface area contributed by atoms with Gasteiger partial charge in [-0.2, -0.15) is 0 Å². The van der Waals surface area contributed by atoms with Gasteiger partial charge in [0.05, 0.1) is 5.03 Å². The minimum atomic E-state index is 0.186. The number of rotatable bonds is 4. The Morgan fingerprint density at radius 2 is 2.06 bits per heavy atom. The van der Waals surface area contributed by atoms with E-state index in [4.69, 9.17) is 40.2 Å². The zero-order valence-corrected chi connectivity index (χ0v) is 10.8. The van der Waals surface area contributed by atoms with Gasteiger partial charge in [-0.05, 0) is 17.8 Å². The second-order valence-corrected chi connectivity index (χ2v) is 4.05. The lowest BCUT2D eigenvalue weighted by molar-refractivity contribution is 0.338. The number of benzene rings is 1. The molecule has 16 heavy (non-hydrogen) atoms. The first-order valence-corrected chi connectivity index (χ1v) is 5.84. The fourth-order valence-electron chi connectivity index (χ4n) is 0.987. The molecule has 0 aliphatic carbocycles. The Labute approximate surface area is 110 Å². The van der Waals surface area contributed by atoms with Crippen molar-refractivity contribution in [2.75, 3.05) is 6.61 Å². The van der Waals surface area contributed by atoms with Gasteiger partial charge in [-0.25, -0.2) is 0 Å². The molecule has 0 atom stereocenters. The summed E-state index contributed by atoms with van der Waals surface area (Å²) in [6.07, 6.45) is 0. The largest absolute Gasteiger partial charge is 0.465 e. The van der Waals surface area contributed by atoms with Gasteiger partial charge in [0, 0.05) is 12.1 Å². The van der Waals surface area contributed by atoms with E-state index >= 15 is 0 Å². The lowest BCUT2D eigenvalue weighted by Crippen LogP contribution is -2.23. The van der Waals surface area contributed by atoms with Gasteiger partial charge >= 0.3 is 0 Å². The fraction of sp³-hybridized carbons (Fsp3) is 0.182. The molecule has 0 amide bonds. The summed E-state index contributed by atoms with van der Waals surface area (Å²) in [5, 5.41) is 3.67. The molecule has 0 bridgehead atoms. The van der Waals surface area contributed by atoms with E-state index in [1.165, 1.54) is 5.54 Å². The van der Waals surface area contributed by atoms with E-state index < -0.39 is 0 Å². The van der Waals surface area contributed by atoms with Crippen LogP contribution in [0.4, 0.5) is 0 Å². The number of hydrogen-bond donors (Lipinski definition) is 1. The average Bonchev–Trinajstić information content (AvgIpc) is 2.34. The third-order valence-electron chi connectivity index (χ3n) is 1.74.